The molecule has 2 nitrogen and oxygen atoms in total. The minimum Gasteiger partial charge on any atom is -0.393 e. The van der Waals surface area contributed by atoms with E-state index in [-0.39, 0.29) is 28.1 Å². The Balaban J connectivity index is 4.67. The van der Waals surface area contributed by atoms with Gasteiger partial charge in [0.1, 0.15) is 0 Å². The van der Waals surface area contributed by atoms with Crippen molar-refractivity contribution in [1.29, 1.82) is 0 Å². The second-order valence-electron chi connectivity index (χ2n) is 8.59. The quantitative estimate of drug-likeness (QED) is 0.569. The van der Waals surface area contributed by atoms with Gasteiger partial charge >= 0.3 is 0 Å². The normalized spacial score (nSPS) is 18.8. The Bertz CT molecular complexity index is 260. The summed E-state index contributed by atoms with van der Waals surface area (Å²) in [5.41, 5.74) is 0. The van der Waals surface area contributed by atoms with Crippen LogP contribution in [0.25, 0.3) is 0 Å². The van der Waals surface area contributed by atoms with Crippen LogP contribution in [0.1, 0.15) is 68.2 Å². The molecule has 0 aromatic heterocycles. The third kappa shape index (κ3) is 10.5. The van der Waals surface area contributed by atoms with Crippen molar-refractivity contribution in [2.24, 2.45) is 0 Å². The number of rotatable bonds is 9. The molecule has 0 saturated carbocycles. The molecule has 22 heavy (non-hydrogen) atoms. The first kappa shape index (κ1) is 22.8. The highest BCUT2D eigenvalue weighted by Crippen LogP contribution is 2.56. The van der Waals surface area contributed by atoms with Crippen molar-refractivity contribution in [3.63, 3.8) is 0 Å². The van der Waals surface area contributed by atoms with E-state index in [4.69, 9.17) is 0 Å². The Kier molecular flexibility index (Phi) is 10.3. The van der Waals surface area contributed by atoms with Crippen LogP contribution >= 0.6 is 15.8 Å². The molecule has 134 valence electrons. The Morgan fingerprint density at radius 2 is 0.909 bits per heavy atom. The molecule has 0 aliphatic heterocycles. The van der Waals surface area contributed by atoms with Crippen LogP contribution in [0, 0.1) is 0 Å². The highest BCUT2D eigenvalue weighted by molar-refractivity contribution is 7.63. The molecule has 0 amide bonds. The number of aliphatic hydroxyl groups excluding tert-OH is 2. The Hall–Kier alpha value is 0.780. The smallest absolute Gasteiger partial charge is 0.0515 e. The van der Waals surface area contributed by atoms with Crippen molar-refractivity contribution in [3.05, 3.63) is 0 Å². The predicted molar refractivity (Wildman–Crippen MR) is 105 cm³/mol. The fourth-order valence-electron chi connectivity index (χ4n) is 2.49. The molecule has 2 N–H and O–H groups in total. The highest BCUT2D eigenvalue weighted by Gasteiger charge is 2.28. The van der Waals surface area contributed by atoms with Gasteiger partial charge in [0.2, 0.25) is 0 Å². The van der Waals surface area contributed by atoms with Crippen LogP contribution in [0.2, 0.25) is 0 Å². The maximum absolute atomic E-state index is 9.61. The van der Waals surface area contributed by atoms with Gasteiger partial charge in [0.25, 0.3) is 0 Å². The van der Waals surface area contributed by atoms with Crippen LogP contribution in [0.3, 0.4) is 0 Å². The Morgan fingerprint density at radius 3 is 1.09 bits per heavy atom. The third-order valence-corrected chi connectivity index (χ3v) is 11.4. The lowest BCUT2D eigenvalue weighted by molar-refractivity contribution is 0.191. The number of hydrogen-bond acceptors (Lipinski definition) is 2. The molecule has 0 fully saturated rings. The number of aliphatic hydroxyl groups is 2. The first-order valence-corrected chi connectivity index (χ1v) is 12.1. The fourth-order valence-corrected chi connectivity index (χ4v) is 8.92. The summed E-state index contributed by atoms with van der Waals surface area (Å²) < 4.78 is 0. The van der Waals surface area contributed by atoms with Gasteiger partial charge in [0, 0.05) is 0 Å². The van der Waals surface area contributed by atoms with Gasteiger partial charge in [-0.2, -0.15) is 0 Å². The monoisotopic (exact) mass is 350 g/mol. The van der Waals surface area contributed by atoms with E-state index in [9.17, 15) is 10.2 Å². The predicted octanol–water partition coefficient (Wildman–Crippen LogP) is 5.09. The summed E-state index contributed by atoms with van der Waals surface area (Å²) in [6.07, 6.45) is 6.51. The largest absolute Gasteiger partial charge is 0.393 e. The maximum atomic E-state index is 9.61. The second kappa shape index (κ2) is 9.93. The van der Waals surface area contributed by atoms with Crippen LogP contribution in [0.5, 0.6) is 0 Å². The lowest BCUT2D eigenvalue weighted by atomic mass is 10.3. The van der Waals surface area contributed by atoms with Gasteiger partial charge in [-0.3, -0.25) is 0 Å². The minimum atomic E-state index is -0.174. The third-order valence-electron chi connectivity index (χ3n) is 4.17. The van der Waals surface area contributed by atoms with Gasteiger partial charge in [-0.25, -0.2) is 0 Å². The van der Waals surface area contributed by atoms with Crippen molar-refractivity contribution < 1.29 is 10.2 Å². The van der Waals surface area contributed by atoms with E-state index in [0.717, 1.165) is 12.8 Å². The summed E-state index contributed by atoms with van der Waals surface area (Å²) in [5, 5.41) is 19.9. The average molecular weight is 350 g/mol. The van der Waals surface area contributed by atoms with E-state index in [1.807, 2.05) is 13.8 Å². The molecule has 0 heterocycles. The highest BCUT2D eigenvalue weighted by atomic mass is 31.1. The summed E-state index contributed by atoms with van der Waals surface area (Å²) in [5.74, 6) is 0. The average Bonchev–Trinajstić information content (AvgIpc) is 2.28. The summed E-state index contributed by atoms with van der Waals surface area (Å²) in [7, 11) is -0.0925. The molecule has 0 aromatic carbocycles. The zero-order valence-electron chi connectivity index (χ0n) is 16.2. The van der Waals surface area contributed by atoms with E-state index < -0.39 is 0 Å². The second-order valence-corrected chi connectivity index (χ2v) is 15.2. The molecule has 0 aromatic rings. The topological polar surface area (TPSA) is 40.5 Å². The zero-order chi connectivity index (χ0) is 17.6. The van der Waals surface area contributed by atoms with Crippen LogP contribution in [0.4, 0.5) is 0 Å². The Morgan fingerprint density at radius 1 is 0.636 bits per heavy atom. The van der Waals surface area contributed by atoms with E-state index in [0.29, 0.717) is 10.3 Å². The van der Waals surface area contributed by atoms with Crippen LogP contribution in [-0.2, 0) is 0 Å². The van der Waals surface area contributed by atoms with Gasteiger partial charge in [-0.05, 0) is 61.6 Å². The molecule has 0 rings (SSSR count). The summed E-state index contributed by atoms with van der Waals surface area (Å²) >= 11 is 0. The van der Waals surface area contributed by atoms with E-state index in [1.54, 1.807) is 0 Å². The van der Waals surface area contributed by atoms with Crippen LogP contribution in [0.15, 0.2) is 0 Å². The fraction of sp³-hybridized carbons (Fsp3) is 1.00. The van der Waals surface area contributed by atoms with Gasteiger partial charge in [0.05, 0.1) is 12.2 Å². The van der Waals surface area contributed by atoms with E-state index in [2.05, 4.69) is 41.5 Å². The zero-order valence-corrected chi connectivity index (χ0v) is 18.0. The lowest BCUT2D eigenvalue weighted by Gasteiger charge is -2.37. The van der Waals surface area contributed by atoms with Gasteiger partial charge < -0.3 is 10.2 Å². The maximum Gasteiger partial charge on any atom is 0.0515 e. The molecule has 0 aliphatic carbocycles. The molecular formula is C18H40O2P2. The van der Waals surface area contributed by atoms with Crippen LogP contribution < -0.4 is 0 Å². The van der Waals surface area contributed by atoms with E-state index >= 15 is 0 Å². The number of hydrogen-bond donors (Lipinski definition) is 2. The lowest BCUT2D eigenvalue weighted by Crippen LogP contribution is -2.22. The van der Waals surface area contributed by atoms with Crippen molar-refractivity contribution in [2.45, 2.75) is 90.8 Å². The summed E-state index contributed by atoms with van der Waals surface area (Å²) in [4.78, 5) is 0. The molecule has 0 spiro atoms. The first-order valence-electron chi connectivity index (χ1n) is 8.70. The molecule has 0 radical (unpaired) electrons. The molecule has 4 heteroatoms. The van der Waals surface area contributed by atoms with Gasteiger partial charge in [-0.1, -0.05) is 41.5 Å². The van der Waals surface area contributed by atoms with Crippen molar-refractivity contribution in [2.75, 3.05) is 24.6 Å². The Labute approximate surface area is 142 Å². The van der Waals surface area contributed by atoms with Crippen LogP contribution in [-0.4, -0.2) is 57.4 Å². The van der Waals surface area contributed by atoms with Crippen molar-refractivity contribution in [1.82, 2.24) is 0 Å². The molecule has 0 bridgehead atoms. The first-order chi connectivity index (χ1) is 9.84. The molecule has 4 unspecified atom stereocenters. The summed E-state index contributed by atoms with van der Waals surface area (Å²) in [6, 6.07) is 0. The minimum absolute atomic E-state index is 0.0462. The standard InChI is InChI=1S/C18H40O2P2/c1-15(19)9-11-21(17(3,4)5)13-14-22(18(6,7)8)12-10-16(2)20/h15-16,19-20H,9-14H2,1-8H3. The molecule has 4 atom stereocenters. The van der Waals surface area contributed by atoms with Crippen molar-refractivity contribution >= 4 is 15.8 Å². The van der Waals surface area contributed by atoms with Gasteiger partial charge in [0.15, 0.2) is 0 Å². The van der Waals surface area contributed by atoms with Crippen molar-refractivity contribution in [3.8, 4) is 0 Å². The molecule has 0 aliphatic rings. The molecular weight excluding hydrogens is 310 g/mol. The SMILES string of the molecule is CC(O)CCP(CCP(CCC(C)O)C(C)(C)C)C(C)(C)C. The summed E-state index contributed by atoms with van der Waals surface area (Å²) in [6.45, 7) is 17.9. The van der Waals surface area contributed by atoms with Gasteiger partial charge in [-0.15, -0.1) is 15.8 Å². The van der Waals surface area contributed by atoms with E-state index in [1.165, 1.54) is 24.6 Å². The molecule has 0 saturated heterocycles.